The summed E-state index contributed by atoms with van der Waals surface area (Å²) in [5.41, 5.74) is 4.27. The average molecular weight is 459 g/mol. The van der Waals surface area contributed by atoms with Gasteiger partial charge in [-0.3, -0.25) is 14.0 Å². The van der Waals surface area contributed by atoms with Crippen LogP contribution in [0.5, 0.6) is 0 Å². The van der Waals surface area contributed by atoms with Crippen molar-refractivity contribution < 1.29 is 4.79 Å². The van der Waals surface area contributed by atoms with Crippen LogP contribution in [0, 0.1) is 12.8 Å². The minimum atomic E-state index is -0.208. The second-order valence-electron chi connectivity index (χ2n) is 8.56. The van der Waals surface area contributed by atoms with Gasteiger partial charge in [0.1, 0.15) is 11.2 Å². The van der Waals surface area contributed by atoms with E-state index in [0.29, 0.717) is 11.2 Å². The maximum atomic E-state index is 12.3. The van der Waals surface area contributed by atoms with Gasteiger partial charge >= 0.3 is 0 Å². The number of carbonyl (C=O) groups excluding carboxylic acids is 1. The molecule has 0 aliphatic rings. The van der Waals surface area contributed by atoms with E-state index in [0.717, 1.165) is 22.3 Å². The molecule has 0 saturated heterocycles. The molecule has 1 N–H and O–H groups in total. The zero-order chi connectivity index (χ0) is 24.4. The molecule has 10 heteroatoms. The highest BCUT2D eigenvalue weighted by Crippen LogP contribution is 2.25. The summed E-state index contributed by atoms with van der Waals surface area (Å²) in [6.07, 6.45) is 5.02. The summed E-state index contributed by atoms with van der Waals surface area (Å²) < 4.78 is 3.27. The van der Waals surface area contributed by atoms with Crippen molar-refractivity contribution in [3.8, 4) is 11.4 Å². The number of hydrogen-bond acceptors (Lipinski definition) is 7. The van der Waals surface area contributed by atoms with Crippen LogP contribution >= 0.6 is 0 Å². The van der Waals surface area contributed by atoms with Gasteiger partial charge in [-0.15, -0.1) is 10.2 Å². The van der Waals surface area contributed by atoms with E-state index in [1.165, 1.54) is 10.6 Å². The first kappa shape index (κ1) is 23.0. The molecule has 5 rings (SSSR count). The number of tetrazole rings is 1. The molecule has 5 heterocycles. The predicted octanol–water partition coefficient (Wildman–Crippen LogP) is 3.48. The highest BCUT2D eigenvalue weighted by atomic mass is 16.1. The van der Waals surface area contributed by atoms with E-state index in [9.17, 15) is 9.59 Å². The molecule has 0 radical (unpaired) electrons. The lowest BCUT2D eigenvalue weighted by Crippen LogP contribution is -2.17. The van der Waals surface area contributed by atoms with E-state index in [1.54, 1.807) is 16.8 Å². The second kappa shape index (κ2) is 9.34. The van der Waals surface area contributed by atoms with Gasteiger partial charge in [0.2, 0.25) is 5.82 Å². The zero-order valence-electron chi connectivity index (χ0n) is 19.7. The van der Waals surface area contributed by atoms with Crippen molar-refractivity contribution in [2.45, 2.75) is 40.5 Å². The average Bonchev–Trinajstić information content (AvgIpc) is 3.48. The monoisotopic (exact) mass is 458 g/mol. The molecule has 34 heavy (non-hydrogen) atoms. The molecule has 10 nitrogen and oxygen atoms in total. The van der Waals surface area contributed by atoms with E-state index in [4.69, 9.17) is 0 Å². The minimum absolute atomic E-state index is 0.000654. The van der Waals surface area contributed by atoms with Crippen molar-refractivity contribution in [2.24, 2.45) is 5.92 Å². The summed E-state index contributed by atoms with van der Waals surface area (Å²) >= 11 is 0. The van der Waals surface area contributed by atoms with Crippen LogP contribution < -0.4 is 5.56 Å². The van der Waals surface area contributed by atoms with Crippen LogP contribution in [0.4, 0.5) is 0 Å². The molecule has 0 aliphatic carbocycles. The van der Waals surface area contributed by atoms with Gasteiger partial charge in [0.05, 0.1) is 16.8 Å². The Morgan fingerprint density at radius 3 is 2.53 bits per heavy atom. The number of H-pyrrole nitrogens is 1. The number of aromatic amines is 1. The molecule has 0 unspecified atom stereocenters. The van der Waals surface area contributed by atoms with Gasteiger partial charge in [0, 0.05) is 24.5 Å². The van der Waals surface area contributed by atoms with Gasteiger partial charge in [-0.2, -0.15) is 10.3 Å². The van der Waals surface area contributed by atoms with Crippen LogP contribution in [0.2, 0.25) is 0 Å². The Kier molecular flexibility index (Phi) is 6.31. The molecule has 174 valence electrons. The van der Waals surface area contributed by atoms with E-state index in [-0.39, 0.29) is 29.0 Å². The number of rotatable bonds is 4. The number of carbonyl (C=O) groups is 1. The molecule has 0 aliphatic heterocycles. The third-order valence-corrected chi connectivity index (χ3v) is 5.40. The first-order valence-corrected chi connectivity index (χ1v) is 11.0. The van der Waals surface area contributed by atoms with Crippen LogP contribution in [0.25, 0.3) is 22.6 Å². The van der Waals surface area contributed by atoms with Crippen LogP contribution in [0.15, 0.2) is 53.7 Å². The molecule has 0 bridgehead atoms. The van der Waals surface area contributed by atoms with Crippen LogP contribution in [0.1, 0.15) is 55.2 Å². The van der Waals surface area contributed by atoms with Crippen molar-refractivity contribution in [1.29, 1.82) is 0 Å². The minimum Gasteiger partial charge on any atom is -0.294 e. The van der Waals surface area contributed by atoms with Crippen molar-refractivity contribution >= 4 is 16.9 Å². The van der Waals surface area contributed by atoms with E-state index in [2.05, 4.69) is 44.6 Å². The lowest BCUT2D eigenvalue weighted by Gasteiger charge is -2.07. The quantitative estimate of drug-likeness (QED) is 0.409. The van der Waals surface area contributed by atoms with Crippen molar-refractivity contribution in [1.82, 2.24) is 39.6 Å². The highest BCUT2D eigenvalue weighted by Gasteiger charge is 2.23. The summed E-state index contributed by atoms with van der Waals surface area (Å²) in [5, 5.41) is 17.8. The van der Waals surface area contributed by atoms with Gasteiger partial charge in [-0.25, -0.2) is 9.50 Å². The number of fused-ring (bicyclic) bond motifs is 2. The number of nitrogens with zero attached hydrogens (tertiary/aromatic N) is 7. The smallest absolute Gasteiger partial charge is 0.269 e. The molecule has 0 aromatic carbocycles. The van der Waals surface area contributed by atoms with Gasteiger partial charge in [0.25, 0.3) is 5.56 Å². The maximum Gasteiger partial charge on any atom is 0.269 e. The normalized spacial score (nSPS) is 11.3. The Bertz CT molecular complexity index is 1510. The lowest BCUT2D eigenvalue weighted by atomic mass is 9.95. The number of aromatic nitrogens is 8. The molecule has 0 atom stereocenters. The fraction of sp³-hybridized carbons (Fsp3) is 0.292. The summed E-state index contributed by atoms with van der Waals surface area (Å²) in [6, 6.07) is 9.52. The number of hydrogen-bond donors (Lipinski definition) is 1. The number of pyridine rings is 2. The number of nitrogens with one attached hydrogen (secondary N) is 1. The third kappa shape index (κ3) is 4.21. The fourth-order valence-corrected chi connectivity index (χ4v) is 3.64. The van der Waals surface area contributed by atoms with Crippen LogP contribution in [-0.4, -0.2) is 45.4 Å². The maximum absolute atomic E-state index is 12.3. The Morgan fingerprint density at radius 2 is 1.85 bits per heavy atom. The molecule has 0 spiro atoms. The summed E-state index contributed by atoms with van der Waals surface area (Å²) in [4.78, 5) is 28.7. The van der Waals surface area contributed by atoms with Gasteiger partial charge < -0.3 is 0 Å². The fourth-order valence-electron chi connectivity index (χ4n) is 3.64. The van der Waals surface area contributed by atoms with Gasteiger partial charge in [0.15, 0.2) is 5.78 Å². The van der Waals surface area contributed by atoms with Crippen LogP contribution in [0.3, 0.4) is 0 Å². The third-order valence-electron chi connectivity index (χ3n) is 5.40. The zero-order valence-corrected chi connectivity index (χ0v) is 19.7. The Labute approximate surface area is 195 Å². The predicted molar refractivity (Wildman–Crippen MR) is 128 cm³/mol. The first-order chi connectivity index (χ1) is 16.3. The van der Waals surface area contributed by atoms with Gasteiger partial charge in [-0.1, -0.05) is 39.8 Å². The largest absolute Gasteiger partial charge is 0.294 e. The highest BCUT2D eigenvalue weighted by molar-refractivity contribution is 6.04. The van der Waals surface area contributed by atoms with E-state index >= 15 is 0 Å². The van der Waals surface area contributed by atoms with Gasteiger partial charge in [-0.05, 0) is 41.8 Å². The SMILES string of the molecule is CC(C)C(=O)c1c(C(C)C)nn2ccccc12.Cc1cccn2c(=O)c(-c3nn[nH]n3)cnc12. The molecule has 5 aromatic rings. The molecular weight excluding hydrogens is 432 g/mol. The summed E-state index contributed by atoms with van der Waals surface area (Å²) in [6.45, 7) is 9.89. The number of ketones is 1. The summed E-state index contributed by atoms with van der Waals surface area (Å²) in [5.74, 6) is 0.682. The molecule has 0 saturated carbocycles. The van der Waals surface area contributed by atoms with E-state index < -0.39 is 0 Å². The number of aryl methyl sites for hydroxylation is 1. The first-order valence-electron chi connectivity index (χ1n) is 11.0. The molecular formula is C24H26N8O2. The van der Waals surface area contributed by atoms with Crippen molar-refractivity contribution in [2.75, 3.05) is 0 Å². The Balaban J connectivity index is 0.000000161. The van der Waals surface area contributed by atoms with Crippen molar-refractivity contribution in [3.05, 3.63) is 76.1 Å². The van der Waals surface area contributed by atoms with E-state index in [1.807, 2.05) is 51.2 Å². The Hall–Kier alpha value is -4.21. The Morgan fingerprint density at radius 1 is 1.06 bits per heavy atom. The van der Waals surface area contributed by atoms with Crippen LogP contribution in [-0.2, 0) is 0 Å². The van der Waals surface area contributed by atoms with Crippen molar-refractivity contribution in [3.63, 3.8) is 0 Å². The topological polar surface area (TPSA) is 123 Å². The lowest BCUT2D eigenvalue weighted by molar-refractivity contribution is 0.0939. The second-order valence-corrected chi connectivity index (χ2v) is 8.56. The number of Topliss-reactive ketones (excluding diaryl/α,β-unsaturated/α-hetero) is 1. The summed E-state index contributed by atoms with van der Waals surface area (Å²) in [7, 11) is 0. The molecule has 0 amide bonds. The molecule has 5 aromatic heterocycles. The standard InChI is InChI=1S/C14H18N2O.C10H8N6O/c1-9(2)13-12(14(17)10(3)4)11-7-5-6-8-16(11)15-13;1-6-3-2-4-16-9(6)11-5-7(10(16)17)8-12-14-15-13-8/h5-10H,1-4H3;2-5H,1H3,(H,12,13,14,15). The molecule has 0 fully saturated rings.